The summed E-state index contributed by atoms with van der Waals surface area (Å²) >= 11 is 0. The Balaban J connectivity index is 0. The molecule has 0 heterocycles. The van der Waals surface area contributed by atoms with Crippen LogP contribution in [0.3, 0.4) is 0 Å². The minimum atomic E-state index is 0.195. The van der Waals surface area contributed by atoms with E-state index in [0.717, 1.165) is 38.9 Å². The molecule has 0 aromatic carbocycles. The Hall–Kier alpha value is -0.200. The van der Waals surface area contributed by atoms with E-state index in [2.05, 4.69) is 0 Å². The average Bonchev–Trinajstić information content (AvgIpc) is 2.27. The molecule has 94 valence electrons. The zero-order valence-electron chi connectivity index (χ0n) is 9.53. The van der Waals surface area contributed by atoms with Crippen LogP contribution < -0.4 is 11.5 Å². The molecule has 0 amide bonds. The van der Waals surface area contributed by atoms with Crippen LogP contribution in [0.4, 0.5) is 0 Å². The molecule has 15 heavy (non-hydrogen) atoms. The molecule has 0 aromatic heterocycles. The van der Waals surface area contributed by atoms with Crippen LogP contribution in [0, 0.1) is 0 Å². The number of ether oxygens (including phenoxy) is 1. The molecule has 0 aliphatic rings. The first-order chi connectivity index (χ1) is 7.33. The Morgan fingerprint density at radius 3 is 1.40 bits per heavy atom. The minimum absolute atomic E-state index is 0.195. The molecular formula is C10H26N2O3. The maximum atomic E-state index is 8.09. The molecule has 0 radical (unpaired) electrons. The summed E-state index contributed by atoms with van der Waals surface area (Å²) in [6.07, 6.45) is 3.34. The lowest BCUT2D eigenvalue weighted by Gasteiger charge is -1.99. The lowest BCUT2D eigenvalue weighted by atomic mass is 10.3. The quantitative estimate of drug-likeness (QED) is 0.392. The van der Waals surface area contributed by atoms with Crippen molar-refractivity contribution in [3.05, 3.63) is 0 Å². The van der Waals surface area contributed by atoms with Crippen molar-refractivity contribution in [2.24, 2.45) is 11.5 Å². The Bertz CT molecular complexity index is 84.7. The summed E-state index contributed by atoms with van der Waals surface area (Å²) in [6, 6.07) is 0. The Morgan fingerprint density at radius 2 is 1.13 bits per heavy atom. The van der Waals surface area contributed by atoms with Crippen molar-refractivity contribution in [1.82, 2.24) is 0 Å². The highest BCUT2D eigenvalue weighted by atomic mass is 16.5. The summed E-state index contributed by atoms with van der Waals surface area (Å²) in [5, 5.41) is 16.2. The molecule has 0 saturated heterocycles. The Morgan fingerprint density at radius 1 is 0.733 bits per heavy atom. The summed E-state index contributed by atoms with van der Waals surface area (Å²) in [7, 11) is 0. The molecule has 0 saturated carbocycles. The van der Waals surface area contributed by atoms with Crippen LogP contribution in [0.2, 0.25) is 0 Å². The van der Waals surface area contributed by atoms with Crippen LogP contribution in [0.15, 0.2) is 0 Å². The SMILES string of the molecule is NCCCOCCCN.OCCCCO. The van der Waals surface area contributed by atoms with Gasteiger partial charge in [0, 0.05) is 26.4 Å². The van der Waals surface area contributed by atoms with Gasteiger partial charge in [-0.2, -0.15) is 0 Å². The second-order valence-corrected chi connectivity index (χ2v) is 3.05. The van der Waals surface area contributed by atoms with Crippen LogP contribution in [0.25, 0.3) is 0 Å². The van der Waals surface area contributed by atoms with E-state index in [0.29, 0.717) is 13.1 Å². The zero-order chi connectivity index (χ0) is 11.8. The molecule has 0 fully saturated rings. The first-order valence-electron chi connectivity index (χ1n) is 5.53. The van der Waals surface area contributed by atoms with Gasteiger partial charge in [0.05, 0.1) is 0 Å². The Kier molecular flexibility index (Phi) is 22.2. The first-order valence-corrected chi connectivity index (χ1v) is 5.53. The molecule has 0 rings (SSSR count). The molecule has 5 nitrogen and oxygen atoms in total. The number of nitrogens with two attached hydrogens (primary N) is 2. The van der Waals surface area contributed by atoms with Crippen LogP contribution >= 0.6 is 0 Å². The molecular weight excluding hydrogens is 196 g/mol. The van der Waals surface area contributed by atoms with E-state index in [-0.39, 0.29) is 13.2 Å². The number of unbranched alkanes of at least 4 members (excludes halogenated alkanes) is 1. The van der Waals surface area contributed by atoms with Gasteiger partial charge in [0.1, 0.15) is 0 Å². The summed E-state index contributed by atoms with van der Waals surface area (Å²) in [6.45, 7) is 3.36. The number of rotatable bonds is 9. The monoisotopic (exact) mass is 222 g/mol. The fraction of sp³-hybridized carbons (Fsp3) is 1.00. The molecule has 0 unspecified atom stereocenters. The summed E-state index contributed by atoms with van der Waals surface area (Å²) in [5.74, 6) is 0. The highest BCUT2D eigenvalue weighted by molar-refractivity contribution is 4.38. The topological polar surface area (TPSA) is 102 Å². The highest BCUT2D eigenvalue weighted by Gasteiger charge is 1.84. The maximum Gasteiger partial charge on any atom is 0.0478 e. The largest absolute Gasteiger partial charge is 0.396 e. The zero-order valence-corrected chi connectivity index (χ0v) is 9.53. The molecule has 5 heteroatoms. The number of hydrogen-bond acceptors (Lipinski definition) is 5. The number of aliphatic hydroxyl groups is 2. The molecule has 0 atom stereocenters. The van der Waals surface area contributed by atoms with Crippen molar-refractivity contribution in [3.8, 4) is 0 Å². The summed E-state index contributed by atoms with van der Waals surface area (Å²) in [4.78, 5) is 0. The van der Waals surface area contributed by atoms with E-state index >= 15 is 0 Å². The average molecular weight is 222 g/mol. The van der Waals surface area contributed by atoms with E-state index in [4.69, 9.17) is 26.4 Å². The molecule has 6 N–H and O–H groups in total. The predicted molar refractivity (Wildman–Crippen MR) is 61.6 cm³/mol. The predicted octanol–water partition coefficient (Wildman–Crippen LogP) is -0.548. The van der Waals surface area contributed by atoms with Crippen molar-refractivity contribution in [2.45, 2.75) is 25.7 Å². The second-order valence-electron chi connectivity index (χ2n) is 3.05. The molecule has 0 aliphatic heterocycles. The highest BCUT2D eigenvalue weighted by Crippen LogP contribution is 1.81. The van der Waals surface area contributed by atoms with Gasteiger partial charge in [0.15, 0.2) is 0 Å². The molecule has 0 spiro atoms. The van der Waals surface area contributed by atoms with Crippen LogP contribution in [-0.2, 0) is 4.74 Å². The summed E-state index contributed by atoms with van der Waals surface area (Å²) < 4.78 is 5.15. The number of hydrogen-bond donors (Lipinski definition) is 4. The lowest BCUT2D eigenvalue weighted by Crippen LogP contribution is -2.08. The van der Waals surface area contributed by atoms with Gasteiger partial charge in [0.25, 0.3) is 0 Å². The van der Waals surface area contributed by atoms with Crippen LogP contribution in [0.5, 0.6) is 0 Å². The fourth-order valence-corrected chi connectivity index (χ4v) is 0.696. The third kappa shape index (κ3) is 24.8. The number of aliphatic hydroxyl groups excluding tert-OH is 2. The van der Waals surface area contributed by atoms with Gasteiger partial charge < -0.3 is 26.4 Å². The van der Waals surface area contributed by atoms with E-state index < -0.39 is 0 Å². The van der Waals surface area contributed by atoms with Crippen LogP contribution in [-0.4, -0.2) is 49.7 Å². The van der Waals surface area contributed by atoms with Crippen molar-refractivity contribution in [3.63, 3.8) is 0 Å². The minimum Gasteiger partial charge on any atom is -0.396 e. The van der Waals surface area contributed by atoms with Gasteiger partial charge in [-0.05, 0) is 38.8 Å². The normalized spacial score (nSPS) is 9.60. The lowest BCUT2D eigenvalue weighted by molar-refractivity contribution is 0.132. The van der Waals surface area contributed by atoms with Crippen molar-refractivity contribution < 1.29 is 14.9 Å². The smallest absolute Gasteiger partial charge is 0.0478 e. The van der Waals surface area contributed by atoms with E-state index in [1.54, 1.807) is 0 Å². The van der Waals surface area contributed by atoms with Crippen molar-refractivity contribution in [1.29, 1.82) is 0 Å². The van der Waals surface area contributed by atoms with Crippen molar-refractivity contribution >= 4 is 0 Å². The van der Waals surface area contributed by atoms with Crippen molar-refractivity contribution in [2.75, 3.05) is 39.5 Å². The van der Waals surface area contributed by atoms with E-state index in [9.17, 15) is 0 Å². The third-order valence-electron chi connectivity index (χ3n) is 1.55. The van der Waals surface area contributed by atoms with Gasteiger partial charge in [0.2, 0.25) is 0 Å². The van der Waals surface area contributed by atoms with Gasteiger partial charge in [-0.3, -0.25) is 0 Å². The van der Waals surface area contributed by atoms with E-state index in [1.165, 1.54) is 0 Å². The van der Waals surface area contributed by atoms with Gasteiger partial charge in [-0.1, -0.05) is 0 Å². The molecule has 0 aromatic rings. The summed E-state index contributed by atoms with van der Waals surface area (Å²) in [5.41, 5.74) is 10.5. The van der Waals surface area contributed by atoms with E-state index in [1.807, 2.05) is 0 Å². The standard InChI is InChI=1S/C6H16N2O.C4H10O2/c7-3-1-5-9-6-2-4-8;5-3-1-2-4-6/h1-8H2;5-6H,1-4H2. The van der Waals surface area contributed by atoms with Gasteiger partial charge >= 0.3 is 0 Å². The first kappa shape index (κ1) is 17.2. The second kappa shape index (κ2) is 19.4. The Labute approximate surface area is 92.4 Å². The third-order valence-corrected chi connectivity index (χ3v) is 1.55. The maximum absolute atomic E-state index is 8.09. The fourth-order valence-electron chi connectivity index (χ4n) is 0.696. The molecule has 0 bridgehead atoms. The van der Waals surface area contributed by atoms with Gasteiger partial charge in [-0.25, -0.2) is 0 Å². The van der Waals surface area contributed by atoms with Gasteiger partial charge in [-0.15, -0.1) is 0 Å². The van der Waals surface area contributed by atoms with Crippen LogP contribution in [0.1, 0.15) is 25.7 Å². The molecule has 0 aliphatic carbocycles.